The standard InChI is InChI=1S/C11H15N2O6P/c1-6-5-13(11(15)12-10(6)14)8-3-4-9(19-7(8)2)20(16,17)18/h4-5,7-8H,3H2,1-2H3,(H,12,14,15)(H2,16,17,18)/t7-,8-/m0/s1. The number of aromatic amines is 1. The van der Waals surface area contributed by atoms with E-state index < -0.39 is 31.0 Å². The summed E-state index contributed by atoms with van der Waals surface area (Å²) in [6.07, 6.45) is 2.32. The van der Waals surface area contributed by atoms with Gasteiger partial charge in [0, 0.05) is 11.8 Å². The molecule has 1 aromatic heterocycles. The molecule has 8 nitrogen and oxygen atoms in total. The van der Waals surface area contributed by atoms with E-state index in [0.29, 0.717) is 5.56 Å². The van der Waals surface area contributed by atoms with Crippen LogP contribution in [0.4, 0.5) is 0 Å². The van der Waals surface area contributed by atoms with Crippen molar-refractivity contribution in [2.24, 2.45) is 0 Å². The van der Waals surface area contributed by atoms with Gasteiger partial charge >= 0.3 is 13.3 Å². The van der Waals surface area contributed by atoms with Gasteiger partial charge in [0.25, 0.3) is 5.56 Å². The fraction of sp³-hybridized carbons (Fsp3) is 0.455. The molecule has 0 fully saturated rings. The highest BCUT2D eigenvalue weighted by atomic mass is 31.2. The summed E-state index contributed by atoms with van der Waals surface area (Å²) in [5.41, 5.74) is -1.03. The van der Waals surface area contributed by atoms with Crippen molar-refractivity contribution in [3.63, 3.8) is 0 Å². The van der Waals surface area contributed by atoms with E-state index in [4.69, 9.17) is 14.5 Å². The van der Waals surface area contributed by atoms with Gasteiger partial charge in [0.15, 0.2) is 0 Å². The maximum atomic E-state index is 11.8. The number of hydrogen-bond acceptors (Lipinski definition) is 4. The molecule has 0 spiro atoms. The Balaban J connectivity index is 2.40. The van der Waals surface area contributed by atoms with Gasteiger partial charge in [-0.1, -0.05) is 0 Å². The highest BCUT2D eigenvalue weighted by Crippen LogP contribution is 2.49. The Morgan fingerprint density at radius 1 is 1.45 bits per heavy atom. The van der Waals surface area contributed by atoms with Gasteiger partial charge in [0.1, 0.15) is 6.10 Å². The number of allylic oxidation sites excluding steroid dienone is 1. The SMILES string of the molecule is Cc1cn([C@H]2CC=C(P(=O)(O)O)O[C@H]2C)c(=O)[nH]c1=O. The van der Waals surface area contributed by atoms with Gasteiger partial charge in [0.2, 0.25) is 5.50 Å². The Bertz CT molecular complexity index is 712. The van der Waals surface area contributed by atoms with Crippen molar-refractivity contribution in [2.45, 2.75) is 32.4 Å². The minimum Gasteiger partial charge on any atom is -0.481 e. The van der Waals surface area contributed by atoms with E-state index in [2.05, 4.69) is 4.98 Å². The van der Waals surface area contributed by atoms with Gasteiger partial charge in [0.05, 0.1) is 6.04 Å². The molecule has 3 N–H and O–H groups in total. The molecule has 0 unspecified atom stereocenters. The molecule has 0 aliphatic carbocycles. The van der Waals surface area contributed by atoms with Crippen molar-refractivity contribution < 1.29 is 19.1 Å². The molecule has 0 saturated carbocycles. The van der Waals surface area contributed by atoms with Crippen molar-refractivity contribution in [1.29, 1.82) is 0 Å². The minimum atomic E-state index is -4.43. The summed E-state index contributed by atoms with van der Waals surface area (Å²) in [6.45, 7) is 3.18. The van der Waals surface area contributed by atoms with Crippen molar-refractivity contribution in [3.8, 4) is 0 Å². The van der Waals surface area contributed by atoms with Crippen LogP contribution in [0.2, 0.25) is 0 Å². The van der Waals surface area contributed by atoms with Crippen LogP contribution in [-0.2, 0) is 9.30 Å². The molecule has 1 aromatic rings. The Morgan fingerprint density at radius 2 is 2.10 bits per heavy atom. The predicted molar refractivity (Wildman–Crippen MR) is 70.4 cm³/mol. The molecule has 0 aromatic carbocycles. The minimum absolute atomic E-state index is 0.229. The molecular formula is C11H15N2O6P. The Hall–Kier alpha value is -1.63. The molecule has 0 bridgehead atoms. The lowest BCUT2D eigenvalue weighted by Gasteiger charge is -2.30. The zero-order chi connectivity index (χ0) is 15.1. The number of ether oxygens (including phenoxy) is 1. The molecule has 2 rings (SSSR count). The maximum absolute atomic E-state index is 11.8. The van der Waals surface area contributed by atoms with E-state index in [-0.39, 0.29) is 11.9 Å². The molecule has 20 heavy (non-hydrogen) atoms. The lowest BCUT2D eigenvalue weighted by Crippen LogP contribution is -2.38. The van der Waals surface area contributed by atoms with Crippen molar-refractivity contribution in [3.05, 3.63) is 44.2 Å². The van der Waals surface area contributed by atoms with Crippen molar-refractivity contribution in [1.82, 2.24) is 9.55 Å². The number of nitrogens with zero attached hydrogens (tertiary/aromatic N) is 1. The summed E-state index contributed by atoms with van der Waals surface area (Å²) < 4.78 is 17.6. The number of hydrogen-bond donors (Lipinski definition) is 3. The van der Waals surface area contributed by atoms with Crippen LogP contribution in [0.25, 0.3) is 0 Å². The Kier molecular flexibility index (Phi) is 3.73. The highest BCUT2D eigenvalue weighted by molar-refractivity contribution is 7.56. The molecule has 0 amide bonds. The zero-order valence-electron chi connectivity index (χ0n) is 10.9. The largest absolute Gasteiger partial charge is 0.481 e. The van der Waals surface area contributed by atoms with E-state index in [1.54, 1.807) is 13.8 Å². The van der Waals surface area contributed by atoms with Gasteiger partial charge in [-0.2, -0.15) is 0 Å². The summed E-state index contributed by atoms with van der Waals surface area (Å²) in [6, 6.07) is -0.437. The van der Waals surface area contributed by atoms with E-state index in [1.807, 2.05) is 0 Å². The first-order valence-electron chi connectivity index (χ1n) is 5.95. The number of nitrogens with one attached hydrogen (secondary N) is 1. The number of H-pyrrole nitrogens is 1. The second kappa shape index (κ2) is 5.05. The fourth-order valence-corrected chi connectivity index (χ4v) is 2.74. The van der Waals surface area contributed by atoms with Gasteiger partial charge in [-0.15, -0.1) is 0 Å². The average Bonchev–Trinajstić information content (AvgIpc) is 2.33. The molecular weight excluding hydrogens is 287 g/mol. The van der Waals surface area contributed by atoms with Crippen LogP contribution >= 0.6 is 7.60 Å². The van der Waals surface area contributed by atoms with Crippen molar-refractivity contribution in [2.75, 3.05) is 0 Å². The van der Waals surface area contributed by atoms with Gasteiger partial charge in [-0.3, -0.25) is 18.9 Å². The summed E-state index contributed by atoms with van der Waals surface area (Å²) >= 11 is 0. The molecule has 2 heterocycles. The van der Waals surface area contributed by atoms with Gasteiger partial charge < -0.3 is 14.5 Å². The Labute approximate surface area is 113 Å². The topological polar surface area (TPSA) is 122 Å². The zero-order valence-corrected chi connectivity index (χ0v) is 11.8. The lowest BCUT2D eigenvalue weighted by molar-refractivity contribution is 0.0737. The third-order valence-corrected chi connectivity index (χ3v) is 4.03. The van der Waals surface area contributed by atoms with Crippen molar-refractivity contribution >= 4 is 7.60 Å². The second-order valence-corrected chi connectivity index (χ2v) is 6.22. The van der Waals surface area contributed by atoms with Crippen LogP contribution in [0.5, 0.6) is 0 Å². The molecule has 1 aliphatic heterocycles. The fourth-order valence-electron chi connectivity index (χ4n) is 2.09. The van der Waals surface area contributed by atoms with E-state index in [0.717, 1.165) is 0 Å². The third-order valence-electron chi connectivity index (χ3n) is 3.17. The molecule has 9 heteroatoms. The van der Waals surface area contributed by atoms with Gasteiger partial charge in [-0.25, -0.2) is 4.79 Å². The molecule has 0 radical (unpaired) electrons. The third kappa shape index (κ3) is 2.77. The average molecular weight is 302 g/mol. The molecule has 0 saturated heterocycles. The summed E-state index contributed by atoms with van der Waals surface area (Å²) in [4.78, 5) is 43.4. The normalized spacial score (nSPS) is 23.1. The summed E-state index contributed by atoms with van der Waals surface area (Å²) in [5, 5.41) is 0. The summed E-state index contributed by atoms with van der Waals surface area (Å²) in [5.74, 6) is 0. The molecule has 1 aliphatic rings. The second-order valence-electron chi connectivity index (χ2n) is 4.69. The van der Waals surface area contributed by atoms with Crippen LogP contribution in [-0.4, -0.2) is 25.4 Å². The summed E-state index contributed by atoms with van der Waals surface area (Å²) in [7, 11) is -4.43. The quantitative estimate of drug-likeness (QED) is 0.672. The monoisotopic (exact) mass is 302 g/mol. The van der Waals surface area contributed by atoms with Crippen LogP contribution in [0, 0.1) is 6.92 Å². The predicted octanol–water partition coefficient (Wildman–Crippen LogP) is 0.214. The van der Waals surface area contributed by atoms with E-state index >= 15 is 0 Å². The van der Waals surface area contributed by atoms with Crippen LogP contribution in [0.1, 0.15) is 24.9 Å². The molecule has 110 valence electrons. The van der Waals surface area contributed by atoms with E-state index in [1.165, 1.54) is 16.8 Å². The molecule has 2 atom stereocenters. The first-order valence-corrected chi connectivity index (χ1v) is 7.56. The first-order chi connectivity index (χ1) is 9.20. The number of rotatable bonds is 2. The Morgan fingerprint density at radius 3 is 2.65 bits per heavy atom. The van der Waals surface area contributed by atoms with Gasteiger partial charge in [-0.05, 0) is 26.3 Å². The highest BCUT2D eigenvalue weighted by Gasteiger charge is 2.33. The first kappa shape index (κ1) is 14.8. The van der Waals surface area contributed by atoms with Crippen LogP contribution in [0.3, 0.4) is 0 Å². The maximum Gasteiger partial charge on any atom is 0.390 e. The lowest BCUT2D eigenvalue weighted by atomic mass is 10.1. The number of aromatic nitrogens is 2. The van der Waals surface area contributed by atoms with E-state index in [9.17, 15) is 14.2 Å². The smallest absolute Gasteiger partial charge is 0.390 e. The van der Waals surface area contributed by atoms with Crippen LogP contribution in [0.15, 0.2) is 27.4 Å². The number of aryl methyl sites for hydroxylation is 1. The van der Waals surface area contributed by atoms with Crippen LogP contribution < -0.4 is 11.2 Å².